The number of carbonyl (C=O) groups excluding carboxylic acids is 1. The molecule has 1 aliphatic heterocycles. The van der Waals surface area contributed by atoms with Gasteiger partial charge in [0, 0.05) is 22.5 Å². The second-order valence-corrected chi connectivity index (χ2v) is 7.72. The van der Waals surface area contributed by atoms with Gasteiger partial charge in [0.25, 0.3) is 5.91 Å². The van der Waals surface area contributed by atoms with Gasteiger partial charge < -0.3 is 10.2 Å². The number of allylic oxidation sites excluding steroid dienone is 1. The Labute approximate surface area is 188 Å². The minimum absolute atomic E-state index is 0.129. The zero-order chi connectivity index (χ0) is 21.9. The number of amides is 1. The van der Waals surface area contributed by atoms with Crippen LogP contribution in [0, 0.1) is 0 Å². The molecule has 1 heterocycles. The number of fused-ring (bicyclic) bond motifs is 1. The summed E-state index contributed by atoms with van der Waals surface area (Å²) in [5, 5.41) is 3.02. The Morgan fingerprint density at radius 1 is 0.781 bits per heavy atom. The molecule has 0 bridgehead atoms. The maximum Gasteiger partial charge on any atom is 0.255 e. The van der Waals surface area contributed by atoms with Gasteiger partial charge in [0.2, 0.25) is 0 Å². The maximum atomic E-state index is 12.8. The monoisotopic (exact) mass is 414 g/mol. The summed E-state index contributed by atoms with van der Waals surface area (Å²) in [6.45, 7) is 2.04. The highest BCUT2D eigenvalue weighted by molar-refractivity contribution is 6.05. The SMILES string of the molecule is CC1=C=Cc2cc(NC(=O)c3ccc(-c4ccccc4)cc3)ccc2N1c1ccccc1. The smallest absolute Gasteiger partial charge is 0.255 e. The summed E-state index contributed by atoms with van der Waals surface area (Å²) in [5.41, 5.74) is 11.1. The van der Waals surface area contributed by atoms with Gasteiger partial charge in [-0.25, -0.2) is 0 Å². The van der Waals surface area contributed by atoms with E-state index in [1.807, 2.05) is 91.9 Å². The highest BCUT2D eigenvalue weighted by atomic mass is 16.1. The normalized spacial score (nSPS) is 12.2. The van der Waals surface area contributed by atoms with Crippen LogP contribution in [0.3, 0.4) is 0 Å². The van der Waals surface area contributed by atoms with E-state index in [1.165, 1.54) is 0 Å². The van der Waals surface area contributed by atoms with Crippen molar-refractivity contribution in [3.05, 3.63) is 126 Å². The van der Waals surface area contributed by atoms with Crippen molar-refractivity contribution < 1.29 is 4.79 Å². The second kappa shape index (κ2) is 8.43. The van der Waals surface area contributed by atoms with Crippen LogP contribution < -0.4 is 10.2 Å². The van der Waals surface area contributed by atoms with Gasteiger partial charge >= 0.3 is 0 Å². The Morgan fingerprint density at radius 3 is 2.16 bits per heavy atom. The fraction of sp³-hybridized carbons (Fsp3) is 0.0345. The summed E-state index contributed by atoms with van der Waals surface area (Å²) < 4.78 is 0. The van der Waals surface area contributed by atoms with Crippen molar-refractivity contribution in [2.24, 2.45) is 0 Å². The van der Waals surface area contributed by atoms with Crippen LogP contribution in [0.1, 0.15) is 22.8 Å². The van der Waals surface area contributed by atoms with Crippen LogP contribution in [-0.4, -0.2) is 5.91 Å². The molecule has 1 N–H and O–H groups in total. The van der Waals surface area contributed by atoms with Crippen molar-refractivity contribution in [3.63, 3.8) is 0 Å². The number of rotatable bonds is 4. The van der Waals surface area contributed by atoms with Crippen molar-refractivity contribution in [2.45, 2.75) is 6.92 Å². The van der Waals surface area contributed by atoms with Gasteiger partial charge in [-0.15, -0.1) is 0 Å². The molecular formula is C29H22N2O. The first kappa shape index (κ1) is 19.6. The quantitative estimate of drug-likeness (QED) is 0.356. The van der Waals surface area contributed by atoms with Crippen molar-refractivity contribution in [1.82, 2.24) is 0 Å². The second-order valence-electron chi connectivity index (χ2n) is 7.72. The lowest BCUT2D eigenvalue weighted by Gasteiger charge is -2.28. The summed E-state index contributed by atoms with van der Waals surface area (Å²) in [5.74, 6) is -0.129. The summed E-state index contributed by atoms with van der Waals surface area (Å²) in [4.78, 5) is 15.0. The van der Waals surface area contributed by atoms with Crippen LogP contribution in [-0.2, 0) is 0 Å². The lowest BCUT2D eigenvalue weighted by Crippen LogP contribution is -2.17. The number of nitrogens with zero attached hydrogens (tertiary/aromatic N) is 1. The molecule has 0 atom stereocenters. The summed E-state index contributed by atoms with van der Waals surface area (Å²) in [7, 11) is 0. The first-order valence-electron chi connectivity index (χ1n) is 10.6. The lowest BCUT2D eigenvalue weighted by atomic mass is 10.0. The Balaban J connectivity index is 1.37. The molecule has 1 aliphatic rings. The molecule has 154 valence electrons. The topological polar surface area (TPSA) is 32.3 Å². The average Bonchev–Trinajstić information content (AvgIpc) is 2.85. The van der Waals surface area contributed by atoms with Crippen LogP contribution in [0.4, 0.5) is 17.1 Å². The molecule has 0 aliphatic carbocycles. The van der Waals surface area contributed by atoms with E-state index >= 15 is 0 Å². The molecule has 0 saturated heterocycles. The van der Waals surface area contributed by atoms with E-state index < -0.39 is 0 Å². The van der Waals surface area contributed by atoms with E-state index in [0.717, 1.165) is 39.4 Å². The molecule has 0 aromatic heterocycles. The molecule has 5 rings (SSSR count). The molecule has 3 heteroatoms. The number of hydrogen-bond acceptors (Lipinski definition) is 2. The van der Waals surface area contributed by atoms with Gasteiger partial charge in [-0.1, -0.05) is 66.4 Å². The number of para-hydroxylation sites is 1. The first-order valence-corrected chi connectivity index (χ1v) is 10.6. The first-order chi connectivity index (χ1) is 15.7. The molecule has 0 unspecified atom stereocenters. The van der Waals surface area contributed by atoms with Crippen LogP contribution in [0.15, 0.2) is 115 Å². The highest BCUT2D eigenvalue weighted by Crippen LogP contribution is 2.36. The average molecular weight is 415 g/mol. The third-order valence-electron chi connectivity index (χ3n) is 5.57. The van der Waals surface area contributed by atoms with Crippen molar-refractivity contribution in [2.75, 3.05) is 10.2 Å². The molecule has 4 aromatic carbocycles. The molecule has 0 radical (unpaired) electrons. The van der Waals surface area contributed by atoms with Gasteiger partial charge in [-0.2, -0.15) is 0 Å². The molecule has 4 aromatic rings. The van der Waals surface area contributed by atoms with Gasteiger partial charge in [0.1, 0.15) is 0 Å². The van der Waals surface area contributed by atoms with Crippen molar-refractivity contribution in [1.29, 1.82) is 0 Å². The van der Waals surface area contributed by atoms with E-state index in [-0.39, 0.29) is 5.91 Å². The number of benzene rings is 4. The Morgan fingerprint density at radius 2 is 1.44 bits per heavy atom. The van der Waals surface area contributed by atoms with Gasteiger partial charge in [-0.05, 0) is 66.6 Å². The summed E-state index contributed by atoms with van der Waals surface area (Å²) >= 11 is 0. The number of nitrogens with one attached hydrogen (secondary N) is 1. The Bertz CT molecular complexity index is 1330. The Kier molecular flexibility index (Phi) is 5.17. The number of hydrogen-bond donors (Lipinski definition) is 1. The zero-order valence-corrected chi connectivity index (χ0v) is 17.7. The molecule has 32 heavy (non-hydrogen) atoms. The standard InChI is InChI=1S/C29H22N2O/c1-21-12-13-25-20-26(18-19-28(25)31(21)27-10-6-3-7-11-27)30-29(32)24-16-14-23(15-17-24)22-8-4-2-5-9-22/h2-11,13-20H,1H3,(H,30,32). The van der Waals surface area contributed by atoms with Gasteiger partial charge in [0.05, 0.1) is 11.4 Å². The van der Waals surface area contributed by atoms with E-state index in [0.29, 0.717) is 5.56 Å². The third kappa shape index (κ3) is 3.85. The minimum atomic E-state index is -0.129. The van der Waals surface area contributed by atoms with Crippen molar-refractivity contribution in [3.8, 4) is 11.1 Å². The molecule has 0 fully saturated rings. The molecule has 0 spiro atoms. The van der Waals surface area contributed by atoms with E-state index in [2.05, 4.69) is 40.2 Å². The van der Waals surface area contributed by atoms with E-state index in [1.54, 1.807) is 0 Å². The number of carbonyl (C=O) groups is 1. The van der Waals surface area contributed by atoms with E-state index in [9.17, 15) is 4.79 Å². The largest absolute Gasteiger partial charge is 0.322 e. The maximum absolute atomic E-state index is 12.8. The molecule has 0 saturated carbocycles. The molecule has 3 nitrogen and oxygen atoms in total. The minimum Gasteiger partial charge on any atom is -0.322 e. The Hall–Kier alpha value is -4.33. The van der Waals surface area contributed by atoms with Gasteiger partial charge in [0.15, 0.2) is 0 Å². The van der Waals surface area contributed by atoms with E-state index in [4.69, 9.17) is 0 Å². The summed E-state index contributed by atoms with van der Waals surface area (Å²) in [6.07, 6.45) is 1.97. The fourth-order valence-electron chi connectivity index (χ4n) is 3.94. The van der Waals surface area contributed by atoms with Crippen LogP contribution >= 0.6 is 0 Å². The predicted molar refractivity (Wildman–Crippen MR) is 132 cm³/mol. The van der Waals surface area contributed by atoms with Crippen LogP contribution in [0.25, 0.3) is 17.2 Å². The van der Waals surface area contributed by atoms with Crippen LogP contribution in [0.5, 0.6) is 0 Å². The zero-order valence-electron chi connectivity index (χ0n) is 17.7. The fourth-order valence-corrected chi connectivity index (χ4v) is 3.94. The van der Waals surface area contributed by atoms with Crippen LogP contribution in [0.2, 0.25) is 0 Å². The highest BCUT2D eigenvalue weighted by Gasteiger charge is 2.18. The molecule has 1 amide bonds. The third-order valence-corrected chi connectivity index (χ3v) is 5.57. The summed E-state index contributed by atoms with van der Waals surface area (Å²) in [6, 6.07) is 34.0. The lowest BCUT2D eigenvalue weighted by molar-refractivity contribution is 0.102. The van der Waals surface area contributed by atoms with Crippen molar-refractivity contribution >= 4 is 29.0 Å². The van der Waals surface area contributed by atoms with Gasteiger partial charge in [-0.3, -0.25) is 4.79 Å². The molecular weight excluding hydrogens is 392 g/mol. The predicted octanol–water partition coefficient (Wildman–Crippen LogP) is 7.27. The number of anilines is 3.